The summed E-state index contributed by atoms with van der Waals surface area (Å²) in [6, 6.07) is 25.1. The number of carbonyl (C=O) groups is 1. The van der Waals surface area contributed by atoms with Crippen molar-refractivity contribution in [3.8, 4) is 17.1 Å². The number of nitrogens with one attached hydrogen (secondary N) is 1. The molecule has 0 bridgehead atoms. The van der Waals surface area contributed by atoms with E-state index in [1.54, 1.807) is 18.3 Å². The Kier molecular flexibility index (Phi) is 5.82. The van der Waals surface area contributed by atoms with E-state index in [1.165, 1.54) is 23.9 Å². The standard InChI is InChI=1S/C25H18FN5OS/c26-19-10-8-17(9-11-19)24-29-30-25(31(24)21-6-2-1-3-7-21)33-16-23(32)28-20-12-13-22-18(15-20)5-4-14-27-22/h1-15H,16H2,(H,28,32). The molecule has 0 aliphatic heterocycles. The lowest BCUT2D eigenvalue weighted by Crippen LogP contribution is -2.14. The summed E-state index contributed by atoms with van der Waals surface area (Å²) in [5, 5.41) is 13.1. The number of para-hydroxylation sites is 1. The molecular weight excluding hydrogens is 437 g/mol. The van der Waals surface area contributed by atoms with E-state index < -0.39 is 0 Å². The third kappa shape index (κ3) is 4.61. The molecule has 2 aromatic heterocycles. The van der Waals surface area contributed by atoms with Gasteiger partial charge in [-0.05, 0) is 60.7 Å². The molecule has 2 heterocycles. The van der Waals surface area contributed by atoms with Crippen molar-refractivity contribution in [2.24, 2.45) is 0 Å². The van der Waals surface area contributed by atoms with Gasteiger partial charge in [-0.1, -0.05) is 36.0 Å². The van der Waals surface area contributed by atoms with Crippen LogP contribution in [-0.2, 0) is 4.79 Å². The van der Waals surface area contributed by atoms with Gasteiger partial charge >= 0.3 is 0 Å². The molecule has 3 aromatic carbocycles. The number of carbonyl (C=O) groups excluding carboxylic acids is 1. The van der Waals surface area contributed by atoms with Crippen LogP contribution in [0.15, 0.2) is 96.3 Å². The van der Waals surface area contributed by atoms with Gasteiger partial charge in [0.15, 0.2) is 11.0 Å². The van der Waals surface area contributed by atoms with Gasteiger partial charge < -0.3 is 5.32 Å². The third-order valence-corrected chi connectivity index (χ3v) is 5.90. The Morgan fingerprint density at radius 1 is 0.939 bits per heavy atom. The van der Waals surface area contributed by atoms with Crippen LogP contribution in [-0.4, -0.2) is 31.4 Å². The van der Waals surface area contributed by atoms with E-state index in [2.05, 4.69) is 20.5 Å². The molecule has 5 rings (SSSR count). The van der Waals surface area contributed by atoms with Crippen LogP contribution in [0.4, 0.5) is 10.1 Å². The van der Waals surface area contributed by atoms with Gasteiger partial charge in [0.05, 0.1) is 11.3 Å². The first kappa shape index (κ1) is 20.8. The van der Waals surface area contributed by atoms with Gasteiger partial charge in [-0.2, -0.15) is 0 Å². The van der Waals surface area contributed by atoms with Crippen LogP contribution >= 0.6 is 11.8 Å². The second-order valence-corrected chi connectivity index (χ2v) is 8.17. The minimum absolute atomic E-state index is 0.152. The molecule has 0 saturated heterocycles. The number of anilines is 1. The smallest absolute Gasteiger partial charge is 0.234 e. The maximum Gasteiger partial charge on any atom is 0.234 e. The lowest BCUT2D eigenvalue weighted by molar-refractivity contribution is -0.113. The Labute approximate surface area is 193 Å². The molecule has 1 N–H and O–H groups in total. The third-order valence-electron chi connectivity index (χ3n) is 4.97. The highest BCUT2D eigenvalue weighted by molar-refractivity contribution is 7.99. The first-order valence-corrected chi connectivity index (χ1v) is 11.2. The van der Waals surface area contributed by atoms with Gasteiger partial charge in [0.2, 0.25) is 5.91 Å². The molecule has 162 valence electrons. The SMILES string of the molecule is O=C(CSc1nnc(-c2ccc(F)cc2)n1-c1ccccc1)Nc1ccc2ncccc2c1. The van der Waals surface area contributed by atoms with E-state index in [0.29, 0.717) is 16.7 Å². The normalized spacial score (nSPS) is 10.9. The largest absolute Gasteiger partial charge is 0.325 e. The fourth-order valence-electron chi connectivity index (χ4n) is 3.44. The van der Waals surface area contributed by atoms with Crippen LogP contribution in [0, 0.1) is 5.82 Å². The van der Waals surface area contributed by atoms with Crippen molar-refractivity contribution in [2.45, 2.75) is 5.16 Å². The number of rotatable bonds is 6. The minimum Gasteiger partial charge on any atom is -0.325 e. The second kappa shape index (κ2) is 9.22. The summed E-state index contributed by atoms with van der Waals surface area (Å²) < 4.78 is 15.3. The Morgan fingerprint density at radius 2 is 1.76 bits per heavy atom. The number of thioether (sulfide) groups is 1. The van der Waals surface area contributed by atoms with E-state index in [-0.39, 0.29) is 17.5 Å². The van der Waals surface area contributed by atoms with Crippen molar-refractivity contribution in [3.05, 3.63) is 96.9 Å². The first-order chi connectivity index (χ1) is 16.2. The zero-order chi connectivity index (χ0) is 22.6. The molecule has 0 atom stereocenters. The molecule has 5 aromatic rings. The molecule has 0 unspecified atom stereocenters. The molecule has 6 nitrogen and oxygen atoms in total. The number of pyridine rings is 1. The van der Waals surface area contributed by atoms with Crippen molar-refractivity contribution in [1.82, 2.24) is 19.7 Å². The molecule has 0 fully saturated rings. The fourth-order valence-corrected chi connectivity index (χ4v) is 4.19. The monoisotopic (exact) mass is 455 g/mol. The quantitative estimate of drug-likeness (QED) is 0.349. The van der Waals surface area contributed by atoms with Crippen LogP contribution in [0.3, 0.4) is 0 Å². The Bertz CT molecular complexity index is 1420. The topological polar surface area (TPSA) is 72.7 Å². The van der Waals surface area contributed by atoms with E-state index in [1.807, 2.05) is 65.2 Å². The van der Waals surface area contributed by atoms with E-state index in [4.69, 9.17) is 0 Å². The van der Waals surface area contributed by atoms with Crippen LogP contribution in [0.5, 0.6) is 0 Å². The van der Waals surface area contributed by atoms with E-state index in [0.717, 1.165) is 22.2 Å². The molecule has 8 heteroatoms. The van der Waals surface area contributed by atoms with Gasteiger partial charge in [-0.15, -0.1) is 10.2 Å². The lowest BCUT2D eigenvalue weighted by Gasteiger charge is -2.10. The number of fused-ring (bicyclic) bond motifs is 1. The molecule has 1 amide bonds. The summed E-state index contributed by atoms with van der Waals surface area (Å²) in [5.74, 6) is 0.250. The van der Waals surface area contributed by atoms with Gasteiger partial charge in [-0.25, -0.2) is 4.39 Å². The Morgan fingerprint density at radius 3 is 2.58 bits per heavy atom. The maximum atomic E-state index is 13.4. The van der Waals surface area contributed by atoms with Gasteiger partial charge in [0.25, 0.3) is 0 Å². The van der Waals surface area contributed by atoms with Crippen LogP contribution in [0.25, 0.3) is 28.0 Å². The second-order valence-electron chi connectivity index (χ2n) is 7.23. The summed E-state index contributed by atoms with van der Waals surface area (Å²) >= 11 is 1.28. The number of halogens is 1. The predicted octanol–water partition coefficient (Wildman–Crippen LogP) is 5.35. The average Bonchev–Trinajstić information content (AvgIpc) is 3.28. The highest BCUT2D eigenvalue weighted by Crippen LogP contribution is 2.28. The molecule has 0 radical (unpaired) electrons. The highest BCUT2D eigenvalue weighted by Gasteiger charge is 2.17. The zero-order valence-corrected chi connectivity index (χ0v) is 18.2. The minimum atomic E-state index is -0.319. The van der Waals surface area contributed by atoms with Crippen molar-refractivity contribution in [3.63, 3.8) is 0 Å². The zero-order valence-electron chi connectivity index (χ0n) is 17.4. The predicted molar refractivity (Wildman–Crippen MR) is 128 cm³/mol. The molecule has 0 aliphatic carbocycles. The van der Waals surface area contributed by atoms with Crippen molar-refractivity contribution in [2.75, 3.05) is 11.1 Å². The van der Waals surface area contributed by atoms with Crippen LogP contribution in [0.1, 0.15) is 0 Å². The van der Waals surface area contributed by atoms with Crippen LogP contribution < -0.4 is 5.32 Å². The van der Waals surface area contributed by atoms with E-state index >= 15 is 0 Å². The Hall–Kier alpha value is -4.04. The number of benzene rings is 3. The summed E-state index contributed by atoms with van der Waals surface area (Å²) in [4.78, 5) is 16.9. The van der Waals surface area contributed by atoms with Gasteiger partial charge in [0.1, 0.15) is 5.82 Å². The van der Waals surface area contributed by atoms with Crippen molar-refractivity contribution >= 4 is 34.3 Å². The molecular formula is C25H18FN5OS. The van der Waals surface area contributed by atoms with Gasteiger partial charge in [-0.3, -0.25) is 14.3 Å². The maximum absolute atomic E-state index is 13.4. The summed E-state index contributed by atoms with van der Waals surface area (Å²) in [6.45, 7) is 0. The summed E-state index contributed by atoms with van der Waals surface area (Å²) in [7, 11) is 0. The summed E-state index contributed by atoms with van der Waals surface area (Å²) in [5.41, 5.74) is 3.16. The molecule has 0 aliphatic rings. The first-order valence-electron chi connectivity index (χ1n) is 10.2. The Balaban J connectivity index is 1.37. The van der Waals surface area contributed by atoms with Crippen LogP contribution in [0.2, 0.25) is 0 Å². The van der Waals surface area contributed by atoms with E-state index in [9.17, 15) is 9.18 Å². The molecule has 0 saturated carbocycles. The number of aromatic nitrogens is 4. The average molecular weight is 456 g/mol. The highest BCUT2D eigenvalue weighted by atomic mass is 32.2. The van der Waals surface area contributed by atoms with Gasteiger partial charge in [0, 0.05) is 28.5 Å². The number of amides is 1. The number of nitrogens with zero attached hydrogens (tertiary/aromatic N) is 4. The number of hydrogen-bond acceptors (Lipinski definition) is 5. The lowest BCUT2D eigenvalue weighted by atomic mass is 10.2. The van der Waals surface area contributed by atoms with Crippen molar-refractivity contribution in [1.29, 1.82) is 0 Å². The summed E-state index contributed by atoms with van der Waals surface area (Å²) in [6.07, 6.45) is 1.74. The molecule has 33 heavy (non-hydrogen) atoms. The fraction of sp³-hybridized carbons (Fsp3) is 0.0400. The number of hydrogen-bond donors (Lipinski definition) is 1. The molecule has 0 spiro atoms. The van der Waals surface area contributed by atoms with Crippen molar-refractivity contribution < 1.29 is 9.18 Å².